The summed E-state index contributed by atoms with van der Waals surface area (Å²) in [6, 6.07) is 4.30. The van der Waals surface area contributed by atoms with Crippen LogP contribution in [0.5, 0.6) is 0 Å². The lowest BCUT2D eigenvalue weighted by atomic mass is 9.65. The summed E-state index contributed by atoms with van der Waals surface area (Å²) in [6.45, 7) is 14.3. The van der Waals surface area contributed by atoms with Crippen LogP contribution in [0.25, 0.3) is 0 Å². The minimum atomic E-state index is -0.477. The number of carbonyl (C=O) groups excluding carboxylic acids is 1. The summed E-state index contributed by atoms with van der Waals surface area (Å²) >= 11 is 0. The Morgan fingerprint density at radius 1 is 1.04 bits per heavy atom. The molecule has 1 saturated heterocycles. The van der Waals surface area contributed by atoms with Crippen LogP contribution >= 0.6 is 0 Å². The lowest BCUT2D eigenvalue weighted by Crippen LogP contribution is -2.41. The molecule has 0 spiro atoms. The van der Waals surface area contributed by atoms with Gasteiger partial charge in [-0.2, -0.15) is 0 Å². The van der Waals surface area contributed by atoms with Gasteiger partial charge in [-0.25, -0.2) is 0 Å². The highest BCUT2D eigenvalue weighted by molar-refractivity contribution is 6.48. The van der Waals surface area contributed by atoms with E-state index in [2.05, 4.69) is 32.9 Å². The van der Waals surface area contributed by atoms with Gasteiger partial charge in [0, 0.05) is 5.82 Å². The number of rotatable bonds is 4. The quantitative estimate of drug-likeness (QED) is 0.620. The normalized spacial score (nSPS) is 20.1. The molecule has 0 aliphatic carbocycles. The number of aryl methyl sites for hydroxylation is 3. The summed E-state index contributed by atoms with van der Waals surface area (Å²) in [6.07, 6.45) is 0.233. The van der Waals surface area contributed by atoms with Crippen molar-refractivity contribution in [2.75, 3.05) is 7.11 Å². The zero-order valence-corrected chi connectivity index (χ0v) is 16.1. The molecule has 24 heavy (non-hydrogen) atoms. The fourth-order valence-electron chi connectivity index (χ4n) is 3.05. The SMILES string of the molecule is COC(=O)CC(B1OC(C)(C)C(C)(C)O1)c1cc(C)c(C)cc1C. The third kappa shape index (κ3) is 3.52. The summed E-state index contributed by atoms with van der Waals surface area (Å²) in [5, 5.41) is 0. The third-order valence-electron chi connectivity index (χ3n) is 5.50. The van der Waals surface area contributed by atoms with Gasteiger partial charge in [0.25, 0.3) is 0 Å². The van der Waals surface area contributed by atoms with Crippen molar-refractivity contribution in [3.05, 3.63) is 34.4 Å². The van der Waals surface area contributed by atoms with Crippen LogP contribution in [-0.4, -0.2) is 31.4 Å². The fraction of sp³-hybridized carbons (Fsp3) is 0.632. The molecule has 5 heteroatoms. The predicted molar refractivity (Wildman–Crippen MR) is 96.1 cm³/mol. The first kappa shape index (κ1) is 19.0. The summed E-state index contributed by atoms with van der Waals surface area (Å²) in [7, 11) is 0.937. The van der Waals surface area contributed by atoms with E-state index < -0.39 is 18.3 Å². The minimum absolute atomic E-state index is 0.196. The average Bonchev–Trinajstić information content (AvgIpc) is 2.68. The molecule has 0 aromatic heterocycles. The molecule has 132 valence electrons. The number of hydrogen-bond acceptors (Lipinski definition) is 4. The van der Waals surface area contributed by atoms with Gasteiger partial charge in [-0.05, 0) is 70.7 Å². The van der Waals surface area contributed by atoms with Gasteiger partial charge >= 0.3 is 13.1 Å². The van der Waals surface area contributed by atoms with Crippen molar-refractivity contribution in [2.24, 2.45) is 0 Å². The molecular weight excluding hydrogens is 303 g/mol. The molecule has 1 heterocycles. The molecule has 4 nitrogen and oxygen atoms in total. The van der Waals surface area contributed by atoms with Crippen LogP contribution < -0.4 is 0 Å². The molecule has 1 atom stereocenters. The topological polar surface area (TPSA) is 44.8 Å². The van der Waals surface area contributed by atoms with Gasteiger partial charge in [0.1, 0.15) is 0 Å². The lowest BCUT2D eigenvalue weighted by molar-refractivity contribution is -0.140. The average molecular weight is 332 g/mol. The van der Waals surface area contributed by atoms with E-state index in [1.807, 2.05) is 27.7 Å². The maximum absolute atomic E-state index is 12.0. The number of benzene rings is 1. The van der Waals surface area contributed by atoms with Crippen molar-refractivity contribution in [1.29, 1.82) is 0 Å². The second-order valence-electron chi connectivity index (χ2n) is 7.80. The van der Waals surface area contributed by atoms with Crippen LogP contribution in [0.15, 0.2) is 12.1 Å². The van der Waals surface area contributed by atoms with Crippen LogP contribution in [0.1, 0.15) is 62.2 Å². The zero-order valence-electron chi connectivity index (χ0n) is 16.1. The smallest absolute Gasteiger partial charge is 0.466 e. The van der Waals surface area contributed by atoms with Crippen molar-refractivity contribution < 1.29 is 18.8 Å². The zero-order chi connectivity index (χ0) is 18.3. The van der Waals surface area contributed by atoms with E-state index >= 15 is 0 Å². The van der Waals surface area contributed by atoms with Gasteiger partial charge in [-0.15, -0.1) is 0 Å². The van der Waals surface area contributed by atoms with Gasteiger partial charge in [-0.3, -0.25) is 4.79 Å². The van der Waals surface area contributed by atoms with Crippen molar-refractivity contribution in [3.8, 4) is 0 Å². The van der Waals surface area contributed by atoms with Gasteiger partial charge in [0.2, 0.25) is 0 Å². The standard InChI is InChI=1S/C19H29BO4/c1-12-9-14(3)15(10-13(12)2)16(11-17(21)22-8)20-23-18(4,5)19(6,7)24-20/h9-10,16H,11H2,1-8H3. The van der Waals surface area contributed by atoms with E-state index in [4.69, 9.17) is 14.0 Å². The Labute approximate surface area is 146 Å². The largest absolute Gasteiger partial charge is 0.469 e. The molecule has 1 unspecified atom stereocenters. The van der Waals surface area contributed by atoms with Crippen LogP contribution in [-0.2, 0) is 18.8 Å². The maximum atomic E-state index is 12.0. The highest BCUT2D eigenvalue weighted by atomic mass is 16.7. The van der Waals surface area contributed by atoms with Gasteiger partial charge in [0.15, 0.2) is 0 Å². The molecular formula is C19H29BO4. The molecule has 1 aromatic rings. The summed E-state index contributed by atoms with van der Waals surface area (Å²) < 4.78 is 17.4. The number of ether oxygens (including phenoxy) is 1. The Kier molecular flexibility index (Phi) is 5.17. The van der Waals surface area contributed by atoms with Crippen LogP contribution in [0, 0.1) is 20.8 Å². The molecule has 1 fully saturated rings. The van der Waals surface area contributed by atoms with E-state index in [9.17, 15) is 4.79 Å². The van der Waals surface area contributed by atoms with E-state index in [1.165, 1.54) is 18.2 Å². The second-order valence-corrected chi connectivity index (χ2v) is 7.80. The van der Waals surface area contributed by atoms with Crippen molar-refractivity contribution >= 4 is 13.1 Å². The number of esters is 1. The van der Waals surface area contributed by atoms with Gasteiger partial charge in [0.05, 0.1) is 24.7 Å². The third-order valence-corrected chi connectivity index (χ3v) is 5.50. The number of hydrogen-bond donors (Lipinski definition) is 0. The van der Waals surface area contributed by atoms with E-state index in [0.29, 0.717) is 0 Å². The molecule has 0 N–H and O–H groups in total. The van der Waals surface area contributed by atoms with Crippen LogP contribution in [0.2, 0.25) is 0 Å². The van der Waals surface area contributed by atoms with E-state index in [1.54, 1.807) is 0 Å². The Bertz CT molecular complexity index is 620. The first-order chi connectivity index (χ1) is 11.0. The molecule has 0 bridgehead atoms. The van der Waals surface area contributed by atoms with Crippen molar-refractivity contribution in [3.63, 3.8) is 0 Å². The molecule has 0 amide bonds. The highest BCUT2D eigenvalue weighted by Crippen LogP contribution is 2.42. The lowest BCUT2D eigenvalue weighted by Gasteiger charge is -2.32. The molecule has 1 aromatic carbocycles. The first-order valence-corrected chi connectivity index (χ1v) is 8.48. The summed E-state index contributed by atoms with van der Waals surface area (Å²) in [5.74, 6) is -0.454. The van der Waals surface area contributed by atoms with E-state index in [0.717, 1.165) is 11.1 Å². The minimum Gasteiger partial charge on any atom is -0.469 e. The Morgan fingerprint density at radius 2 is 1.54 bits per heavy atom. The maximum Gasteiger partial charge on any atom is 0.466 e. The number of carbonyl (C=O) groups is 1. The number of methoxy groups -OCH3 is 1. The molecule has 0 radical (unpaired) electrons. The Hall–Kier alpha value is -1.33. The highest BCUT2D eigenvalue weighted by Gasteiger charge is 2.54. The summed E-state index contributed by atoms with van der Waals surface area (Å²) in [4.78, 5) is 12.0. The van der Waals surface area contributed by atoms with Crippen molar-refractivity contribution in [1.82, 2.24) is 0 Å². The molecule has 2 rings (SSSR count). The van der Waals surface area contributed by atoms with Gasteiger partial charge in [-0.1, -0.05) is 12.1 Å². The van der Waals surface area contributed by atoms with Gasteiger partial charge < -0.3 is 14.0 Å². The molecule has 1 aliphatic heterocycles. The first-order valence-electron chi connectivity index (χ1n) is 8.48. The second kappa shape index (κ2) is 6.53. The van der Waals surface area contributed by atoms with Crippen LogP contribution in [0.4, 0.5) is 0 Å². The molecule has 0 saturated carbocycles. The summed E-state index contributed by atoms with van der Waals surface area (Å²) in [5.41, 5.74) is 3.80. The predicted octanol–water partition coefficient (Wildman–Crippen LogP) is 3.89. The fourth-order valence-corrected chi connectivity index (χ4v) is 3.05. The van der Waals surface area contributed by atoms with Crippen molar-refractivity contribution in [2.45, 2.75) is 71.9 Å². The molecule has 1 aliphatic rings. The Morgan fingerprint density at radius 3 is 2.04 bits per heavy atom. The van der Waals surface area contributed by atoms with E-state index in [-0.39, 0.29) is 18.2 Å². The van der Waals surface area contributed by atoms with Crippen LogP contribution in [0.3, 0.4) is 0 Å². The monoisotopic (exact) mass is 332 g/mol. The Balaban J connectivity index is 2.44.